The van der Waals surface area contributed by atoms with Gasteiger partial charge in [0.2, 0.25) is 5.95 Å². The predicted molar refractivity (Wildman–Crippen MR) is 93.1 cm³/mol. The minimum Gasteiger partial charge on any atom is -0.478 e. The van der Waals surface area contributed by atoms with Gasteiger partial charge in [0, 0.05) is 11.8 Å². The van der Waals surface area contributed by atoms with E-state index in [1.54, 1.807) is 31.2 Å². The minimum atomic E-state index is -1.61. The number of hydrogen-bond acceptors (Lipinski definition) is 5. The summed E-state index contributed by atoms with van der Waals surface area (Å²) in [5, 5.41) is 14.6. The van der Waals surface area contributed by atoms with Crippen LogP contribution in [0.15, 0.2) is 42.5 Å². The fourth-order valence-electron chi connectivity index (χ4n) is 2.35. The predicted octanol–water partition coefficient (Wildman–Crippen LogP) is 4.39. The Morgan fingerprint density at radius 3 is 2.44 bits per heavy atom. The molecule has 3 rings (SSSR count). The monoisotopic (exact) mass is 374 g/mol. The normalized spacial score (nSPS) is 10.5. The highest BCUT2D eigenvalue weighted by Crippen LogP contribution is 2.24. The van der Waals surface area contributed by atoms with Crippen LogP contribution in [-0.2, 0) is 0 Å². The van der Waals surface area contributed by atoms with Gasteiger partial charge in [-0.15, -0.1) is 0 Å². The van der Waals surface area contributed by atoms with E-state index in [0.717, 1.165) is 12.1 Å². The number of benzene rings is 2. The van der Waals surface area contributed by atoms with Crippen molar-refractivity contribution in [3.63, 3.8) is 0 Å². The standard InChI is InChI=1S/C18H13F3N4O2/c1-9-8-14(23-12-5-3-2-4-10(12)17(26)27)25-18(22-9)24-13-7-6-11(19)15(20)16(13)21/h2-8H,1H3,(H,26,27)(H2,22,23,24,25). The van der Waals surface area contributed by atoms with Crippen molar-refractivity contribution in [2.75, 3.05) is 10.6 Å². The number of aromatic carboxylic acids is 1. The van der Waals surface area contributed by atoms with Gasteiger partial charge in [-0.2, -0.15) is 4.98 Å². The second kappa shape index (κ2) is 7.32. The van der Waals surface area contributed by atoms with Gasteiger partial charge in [-0.05, 0) is 31.2 Å². The van der Waals surface area contributed by atoms with E-state index < -0.39 is 23.4 Å². The molecule has 9 heteroatoms. The molecule has 1 heterocycles. The lowest BCUT2D eigenvalue weighted by Crippen LogP contribution is -2.07. The Morgan fingerprint density at radius 2 is 1.70 bits per heavy atom. The Labute approximate surface area is 151 Å². The van der Waals surface area contributed by atoms with E-state index in [-0.39, 0.29) is 23.0 Å². The molecule has 0 aliphatic rings. The molecule has 138 valence electrons. The SMILES string of the molecule is Cc1cc(Nc2ccccc2C(=O)O)nc(Nc2ccc(F)c(F)c2F)n1. The van der Waals surface area contributed by atoms with Crippen LogP contribution in [0.1, 0.15) is 16.1 Å². The van der Waals surface area contributed by atoms with Crippen LogP contribution in [0.2, 0.25) is 0 Å². The molecule has 27 heavy (non-hydrogen) atoms. The highest BCUT2D eigenvalue weighted by atomic mass is 19.2. The molecule has 3 aromatic rings. The molecule has 0 saturated carbocycles. The third kappa shape index (κ3) is 3.97. The fraction of sp³-hybridized carbons (Fsp3) is 0.0556. The molecule has 0 amide bonds. The summed E-state index contributed by atoms with van der Waals surface area (Å²) in [6, 6.07) is 9.56. The van der Waals surface area contributed by atoms with Crippen LogP contribution < -0.4 is 10.6 Å². The van der Waals surface area contributed by atoms with Crippen LogP contribution in [0.25, 0.3) is 0 Å². The van der Waals surface area contributed by atoms with Gasteiger partial charge in [0.05, 0.1) is 16.9 Å². The summed E-state index contributed by atoms with van der Waals surface area (Å²) in [5.74, 6) is -5.27. The van der Waals surface area contributed by atoms with E-state index in [1.165, 1.54) is 6.07 Å². The van der Waals surface area contributed by atoms with Crippen LogP contribution in [0, 0.1) is 24.4 Å². The number of nitrogens with zero attached hydrogens (tertiary/aromatic N) is 2. The summed E-state index contributed by atoms with van der Waals surface area (Å²) >= 11 is 0. The number of para-hydroxylation sites is 1. The summed E-state index contributed by atoms with van der Waals surface area (Å²) in [6.07, 6.45) is 0. The Kier molecular flexibility index (Phi) is 4.93. The maximum Gasteiger partial charge on any atom is 0.337 e. The maximum atomic E-state index is 13.8. The molecule has 0 fully saturated rings. The number of rotatable bonds is 5. The third-order valence-corrected chi connectivity index (χ3v) is 3.56. The summed E-state index contributed by atoms with van der Waals surface area (Å²) in [4.78, 5) is 19.5. The lowest BCUT2D eigenvalue weighted by atomic mass is 10.2. The van der Waals surface area contributed by atoms with Crippen LogP contribution in [-0.4, -0.2) is 21.0 Å². The average Bonchev–Trinajstić information content (AvgIpc) is 2.62. The van der Waals surface area contributed by atoms with Gasteiger partial charge in [-0.1, -0.05) is 12.1 Å². The first-order valence-electron chi connectivity index (χ1n) is 7.70. The molecule has 0 radical (unpaired) electrons. The number of hydrogen-bond donors (Lipinski definition) is 3. The number of halogens is 3. The number of nitrogens with one attached hydrogen (secondary N) is 2. The van der Waals surface area contributed by atoms with Crippen LogP contribution in [0.4, 0.5) is 36.3 Å². The largest absolute Gasteiger partial charge is 0.478 e. The smallest absolute Gasteiger partial charge is 0.337 e. The molecule has 0 atom stereocenters. The summed E-state index contributed by atoms with van der Waals surface area (Å²) in [6.45, 7) is 1.64. The van der Waals surface area contributed by atoms with Crippen molar-refractivity contribution in [2.24, 2.45) is 0 Å². The average molecular weight is 374 g/mol. The fourth-order valence-corrected chi connectivity index (χ4v) is 2.35. The number of anilines is 4. The Balaban J connectivity index is 1.92. The van der Waals surface area contributed by atoms with Crippen molar-refractivity contribution < 1.29 is 23.1 Å². The van der Waals surface area contributed by atoms with Gasteiger partial charge >= 0.3 is 5.97 Å². The molecular formula is C18H13F3N4O2. The second-order valence-electron chi connectivity index (χ2n) is 5.54. The van der Waals surface area contributed by atoms with Crippen LogP contribution in [0.3, 0.4) is 0 Å². The zero-order valence-corrected chi connectivity index (χ0v) is 13.9. The van der Waals surface area contributed by atoms with E-state index in [2.05, 4.69) is 20.6 Å². The van der Waals surface area contributed by atoms with E-state index in [0.29, 0.717) is 11.4 Å². The number of carboxylic acids is 1. The van der Waals surface area contributed by atoms with Crippen LogP contribution >= 0.6 is 0 Å². The van der Waals surface area contributed by atoms with E-state index >= 15 is 0 Å². The molecule has 0 unspecified atom stereocenters. The van der Waals surface area contributed by atoms with Gasteiger partial charge in [0.1, 0.15) is 5.82 Å². The lowest BCUT2D eigenvalue weighted by Gasteiger charge is -2.12. The maximum absolute atomic E-state index is 13.8. The molecule has 0 bridgehead atoms. The quantitative estimate of drug-likeness (QED) is 0.574. The molecule has 0 saturated heterocycles. The first kappa shape index (κ1) is 18.2. The molecular weight excluding hydrogens is 361 g/mol. The number of carboxylic acid groups (broad SMARTS) is 1. The molecule has 2 aromatic carbocycles. The summed E-state index contributed by atoms with van der Waals surface area (Å²) < 4.78 is 40.2. The van der Waals surface area contributed by atoms with Gasteiger partial charge in [-0.25, -0.2) is 22.9 Å². The van der Waals surface area contributed by atoms with Gasteiger partial charge < -0.3 is 15.7 Å². The first-order chi connectivity index (χ1) is 12.8. The van der Waals surface area contributed by atoms with Gasteiger partial charge in [-0.3, -0.25) is 0 Å². The molecule has 0 spiro atoms. The van der Waals surface area contributed by atoms with Crippen molar-refractivity contribution in [1.29, 1.82) is 0 Å². The number of aryl methyl sites for hydroxylation is 1. The lowest BCUT2D eigenvalue weighted by molar-refractivity contribution is 0.0698. The van der Waals surface area contributed by atoms with Crippen molar-refractivity contribution >= 4 is 29.1 Å². The number of aromatic nitrogens is 2. The van der Waals surface area contributed by atoms with Gasteiger partial charge in [0.25, 0.3) is 0 Å². The summed E-state index contributed by atoms with van der Waals surface area (Å²) in [7, 11) is 0. The first-order valence-corrected chi connectivity index (χ1v) is 7.70. The summed E-state index contributed by atoms with van der Waals surface area (Å²) in [5.41, 5.74) is 0.477. The molecule has 0 aliphatic carbocycles. The Hall–Kier alpha value is -3.62. The molecule has 6 nitrogen and oxygen atoms in total. The molecule has 0 aliphatic heterocycles. The van der Waals surface area contributed by atoms with Crippen molar-refractivity contribution in [3.05, 3.63) is 71.2 Å². The topological polar surface area (TPSA) is 87.1 Å². The third-order valence-electron chi connectivity index (χ3n) is 3.56. The van der Waals surface area contributed by atoms with Crippen molar-refractivity contribution in [3.8, 4) is 0 Å². The van der Waals surface area contributed by atoms with E-state index in [9.17, 15) is 23.1 Å². The van der Waals surface area contributed by atoms with Crippen molar-refractivity contribution in [1.82, 2.24) is 9.97 Å². The van der Waals surface area contributed by atoms with E-state index in [4.69, 9.17) is 0 Å². The second-order valence-corrected chi connectivity index (χ2v) is 5.54. The van der Waals surface area contributed by atoms with Crippen molar-refractivity contribution in [2.45, 2.75) is 6.92 Å². The molecule has 3 N–H and O–H groups in total. The van der Waals surface area contributed by atoms with E-state index in [1.807, 2.05) is 0 Å². The number of carbonyl (C=O) groups is 1. The minimum absolute atomic E-state index is 0.0370. The molecule has 1 aromatic heterocycles. The zero-order valence-electron chi connectivity index (χ0n) is 13.9. The highest BCUT2D eigenvalue weighted by Gasteiger charge is 2.15. The van der Waals surface area contributed by atoms with Gasteiger partial charge in [0.15, 0.2) is 17.5 Å². The zero-order chi connectivity index (χ0) is 19.6. The van der Waals surface area contributed by atoms with Crippen LogP contribution in [0.5, 0.6) is 0 Å². The highest BCUT2D eigenvalue weighted by molar-refractivity contribution is 5.95. The Morgan fingerprint density at radius 1 is 0.963 bits per heavy atom. The Bertz CT molecular complexity index is 1030.